The van der Waals surface area contributed by atoms with Crippen molar-refractivity contribution >= 4 is 17.5 Å². The molecular weight excluding hydrogens is 300 g/mol. The van der Waals surface area contributed by atoms with Gasteiger partial charge in [-0.2, -0.15) is 0 Å². The Labute approximate surface area is 136 Å². The lowest BCUT2D eigenvalue weighted by molar-refractivity contribution is -0.130. The predicted octanol–water partition coefficient (Wildman–Crippen LogP) is 2.24. The summed E-state index contributed by atoms with van der Waals surface area (Å²) in [5.74, 6) is 0.649. The smallest absolute Gasteiger partial charge is 0.230 e. The average Bonchev–Trinajstić information content (AvgIpc) is 3.38. The van der Waals surface area contributed by atoms with Gasteiger partial charge in [-0.05, 0) is 49.3 Å². The molecule has 1 aliphatic carbocycles. The Kier molecular flexibility index (Phi) is 4.71. The van der Waals surface area contributed by atoms with Crippen LogP contribution < -0.4 is 11.1 Å². The van der Waals surface area contributed by atoms with E-state index in [4.69, 9.17) is 22.1 Å². The van der Waals surface area contributed by atoms with Crippen LogP contribution in [0, 0.1) is 5.92 Å². The molecule has 0 aromatic heterocycles. The number of rotatable bonds is 5. The molecule has 1 atom stereocenters. The molecule has 4 nitrogen and oxygen atoms in total. The Balaban J connectivity index is 1.75. The molecule has 1 saturated heterocycles. The van der Waals surface area contributed by atoms with Crippen LogP contribution in [0.4, 0.5) is 0 Å². The minimum atomic E-state index is -0.522. The molecule has 1 unspecified atom stereocenters. The van der Waals surface area contributed by atoms with Crippen molar-refractivity contribution in [2.45, 2.75) is 37.1 Å². The molecule has 5 heteroatoms. The van der Waals surface area contributed by atoms with E-state index in [9.17, 15) is 4.79 Å². The highest BCUT2D eigenvalue weighted by Gasteiger charge is 2.42. The van der Waals surface area contributed by atoms with Crippen molar-refractivity contribution in [3.63, 3.8) is 0 Å². The Hall–Kier alpha value is -1.10. The van der Waals surface area contributed by atoms with Crippen molar-refractivity contribution in [3.05, 3.63) is 34.9 Å². The normalized spacial score (nSPS) is 22.1. The molecule has 120 valence electrons. The van der Waals surface area contributed by atoms with Crippen LogP contribution in [-0.2, 0) is 14.9 Å². The fourth-order valence-electron chi connectivity index (χ4n) is 3.21. The number of carbonyl (C=O) groups excluding carboxylic acids is 1. The van der Waals surface area contributed by atoms with Gasteiger partial charge in [0.1, 0.15) is 0 Å². The summed E-state index contributed by atoms with van der Waals surface area (Å²) in [6.07, 6.45) is 3.76. The molecule has 0 bridgehead atoms. The minimum Gasteiger partial charge on any atom is -0.381 e. The van der Waals surface area contributed by atoms with E-state index < -0.39 is 5.41 Å². The zero-order valence-corrected chi connectivity index (χ0v) is 13.4. The van der Waals surface area contributed by atoms with Crippen LogP contribution >= 0.6 is 11.6 Å². The molecule has 1 aromatic carbocycles. The average molecular weight is 323 g/mol. The van der Waals surface area contributed by atoms with Crippen LogP contribution in [0.15, 0.2) is 24.3 Å². The number of nitrogens with one attached hydrogen (secondary N) is 1. The van der Waals surface area contributed by atoms with Gasteiger partial charge in [0, 0.05) is 30.8 Å². The van der Waals surface area contributed by atoms with Crippen LogP contribution in [0.25, 0.3) is 0 Å². The number of nitrogens with two attached hydrogens (primary N) is 1. The van der Waals surface area contributed by atoms with Gasteiger partial charge in [0.25, 0.3) is 0 Å². The van der Waals surface area contributed by atoms with E-state index >= 15 is 0 Å². The highest BCUT2D eigenvalue weighted by Crippen LogP contribution is 2.36. The number of halogens is 1. The number of hydrogen-bond acceptors (Lipinski definition) is 3. The summed E-state index contributed by atoms with van der Waals surface area (Å²) >= 11 is 5.98. The van der Waals surface area contributed by atoms with Gasteiger partial charge in [-0.15, -0.1) is 0 Å². The third kappa shape index (κ3) is 3.29. The van der Waals surface area contributed by atoms with Gasteiger partial charge >= 0.3 is 0 Å². The van der Waals surface area contributed by atoms with Gasteiger partial charge in [0.15, 0.2) is 0 Å². The molecule has 22 heavy (non-hydrogen) atoms. The second-order valence-electron chi connectivity index (χ2n) is 6.41. The van der Waals surface area contributed by atoms with Crippen molar-refractivity contribution in [2.24, 2.45) is 11.7 Å². The second-order valence-corrected chi connectivity index (χ2v) is 6.85. The largest absolute Gasteiger partial charge is 0.381 e. The first kappa shape index (κ1) is 15.8. The maximum atomic E-state index is 12.9. The highest BCUT2D eigenvalue weighted by atomic mass is 35.5. The van der Waals surface area contributed by atoms with Crippen molar-refractivity contribution in [3.8, 4) is 0 Å². The number of carbonyl (C=O) groups is 1. The molecule has 3 rings (SSSR count). The summed E-state index contributed by atoms with van der Waals surface area (Å²) in [5, 5.41) is 3.76. The molecule has 1 aromatic rings. The Morgan fingerprint density at radius 3 is 2.55 bits per heavy atom. The molecule has 3 N–H and O–H groups in total. The van der Waals surface area contributed by atoms with E-state index in [2.05, 4.69) is 5.32 Å². The molecule has 1 heterocycles. The fraction of sp³-hybridized carbons (Fsp3) is 0.588. The monoisotopic (exact) mass is 322 g/mol. The topological polar surface area (TPSA) is 64.3 Å². The molecule has 1 saturated carbocycles. The molecule has 1 amide bonds. The van der Waals surface area contributed by atoms with Crippen LogP contribution in [0.5, 0.6) is 0 Å². The lowest BCUT2D eigenvalue weighted by Gasteiger charge is -2.36. The highest BCUT2D eigenvalue weighted by molar-refractivity contribution is 6.30. The Bertz CT molecular complexity index is 522. The van der Waals surface area contributed by atoms with Crippen molar-refractivity contribution in [2.75, 3.05) is 19.8 Å². The first-order valence-electron chi connectivity index (χ1n) is 7.99. The van der Waals surface area contributed by atoms with Gasteiger partial charge in [-0.1, -0.05) is 23.7 Å². The van der Waals surface area contributed by atoms with Gasteiger partial charge in [0.05, 0.1) is 5.41 Å². The summed E-state index contributed by atoms with van der Waals surface area (Å²) in [6.45, 7) is 1.76. The molecule has 0 radical (unpaired) electrons. The first-order chi connectivity index (χ1) is 10.6. The summed E-state index contributed by atoms with van der Waals surface area (Å²) in [5.41, 5.74) is 6.59. The van der Waals surface area contributed by atoms with Crippen molar-refractivity contribution in [1.29, 1.82) is 0 Å². The Morgan fingerprint density at radius 2 is 1.95 bits per heavy atom. The quantitative estimate of drug-likeness (QED) is 0.874. The van der Waals surface area contributed by atoms with Crippen LogP contribution in [0.1, 0.15) is 31.2 Å². The van der Waals surface area contributed by atoms with Crippen LogP contribution in [0.2, 0.25) is 5.02 Å². The summed E-state index contributed by atoms with van der Waals surface area (Å²) in [6, 6.07) is 7.67. The molecule has 2 fully saturated rings. The van der Waals surface area contributed by atoms with E-state index in [0.717, 1.165) is 5.56 Å². The maximum absolute atomic E-state index is 12.9. The lowest BCUT2D eigenvalue weighted by atomic mass is 9.73. The third-order valence-electron chi connectivity index (χ3n) is 4.90. The van der Waals surface area contributed by atoms with Gasteiger partial charge in [-0.3, -0.25) is 4.79 Å². The van der Waals surface area contributed by atoms with Crippen LogP contribution in [0.3, 0.4) is 0 Å². The maximum Gasteiger partial charge on any atom is 0.230 e. The van der Waals surface area contributed by atoms with E-state index in [-0.39, 0.29) is 11.9 Å². The third-order valence-corrected chi connectivity index (χ3v) is 5.16. The van der Waals surface area contributed by atoms with Gasteiger partial charge in [0.2, 0.25) is 5.91 Å². The molecule has 1 aliphatic heterocycles. The molecular formula is C17H23ClN2O2. The zero-order chi connectivity index (χ0) is 15.6. The molecule has 2 aliphatic rings. The lowest BCUT2D eigenvalue weighted by Crippen LogP contribution is -2.50. The summed E-state index contributed by atoms with van der Waals surface area (Å²) in [7, 11) is 0. The van der Waals surface area contributed by atoms with E-state index in [1.165, 1.54) is 12.8 Å². The zero-order valence-electron chi connectivity index (χ0n) is 12.7. The van der Waals surface area contributed by atoms with Crippen LogP contribution in [-0.4, -0.2) is 31.7 Å². The van der Waals surface area contributed by atoms with Crippen molar-refractivity contribution in [1.82, 2.24) is 5.32 Å². The number of ether oxygens (including phenoxy) is 1. The second kappa shape index (κ2) is 6.57. The predicted molar refractivity (Wildman–Crippen MR) is 86.9 cm³/mol. The SMILES string of the molecule is NC(CNC(=O)C1(c2ccc(Cl)cc2)CCOCC1)C1CC1. The Morgan fingerprint density at radius 1 is 1.32 bits per heavy atom. The standard InChI is InChI=1S/C17H23ClN2O2/c18-14-5-3-13(4-6-14)17(7-9-22-10-8-17)16(21)20-11-15(19)12-1-2-12/h3-6,12,15H,1-2,7-11,19H2,(H,20,21). The first-order valence-corrected chi connectivity index (χ1v) is 8.37. The number of hydrogen-bond donors (Lipinski definition) is 2. The van der Waals surface area contributed by atoms with E-state index in [0.29, 0.717) is 43.5 Å². The molecule has 0 spiro atoms. The number of benzene rings is 1. The van der Waals surface area contributed by atoms with Crippen molar-refractivity contribution < 1.29 is 9.53 Å². The number of amides is 1. The van der Waals surface area contributed by atoms with Gasteiger partial charge in [-0.25, -0.2) is 0 Å². The minimum absolute atomic E-state index is 0.0641. The fourth-order valence-corrected chi connectivity index (χ4v) is 3.33. The van der Waals surface area contributed by atoms with Gasteiger partial charge < -0.3 is 15.8 Å². The summed E-state index contributed by atoms with van der Waals surface area (Å²) < 4.78 is 5.46. The van der Waals surface area contributed by atoms with E-state index in [1.807, 2.05) is 24.3 Å². The summed E-state index contributed by atoms with van der Waals surface area (Å²) in [4.78, 5) is 12.9. The van der Waals surface area contributed by atoms with E-state index in [1.54, 1.807) is 0 Å².